The molecule has 2 fully saturated rings. The van der Waals surface area contributed by atoms with Gasteiger partial charge in [0.2, 0.25) is 0 Å². The first-order valence-corrected chi connectivity index (χ1v) is 6.43. The van der Waals surface area contributed by atoms with Gasteiger partial charge in [0.1, 0.15) is 5.54 Å². The van der Waals surface area contributed by atoms with Crippen LogP contribution in [0.1, 0.15) is 6.42 Å². The third-order valence-electron chi connectivity index (χ3n) is 2.92. The van der Waals surface area contributed by atoms with Crippen LogP contribution in [0.3, 0.4) is 0 Å². The van der Waals surface area contributed by atoms with Crippen LogP contribution in [0.25, 0.3) is 0 Å². The Hall–Kier alpha value is -0.750. The van der Waals surface area contributed by atoms with E-state index in [1.807, 2.05) is 6.26 Å². The van der Waals surface area contributed by atoms with Gasteiger partial charge in [0.15, 0.2) is 0 Å². The van der Waals surface area contributed by atoms with Gasteiger partial charge in [-0.3, -0.25) is 9.69 Å². The summed E-state index contributed by atoms with van der Waals surface area (Å²) in [4.78, 5) is 25.0. The predicted molar refractivity (Wildman–Crippen MR) is 58.8 cm³/mol. The van der Waals surface area contributed by atoms with Crippen molar-refractivity contribution in [2.45, 2.75) is 12.0 Å². The Morgan fingerprint density at radius 1 is 1.53 bits per heavy atom. The van der Waals surface area contributed by atoms with Crippen molar-refractivity contribution in [3.05, 3.63) is 0 Å². The highest BCUT2D eigenvalue weighted by atomic mass is 32.2. The lowest BCUT2D eigenvalue weighted by Crippen LogP contribution is -2.48. The van der Waals surface area contributed by atoms with Gasteiger partial charge in [-0.15, -0.1) is 0 Å². The first-order chi connectivity index (χ1) is 7.19. The average Bonchev–Trinajstić information content (AvgIpc) is 2.75. The summed E-state index contributed by atoms with van der Waals surface area (Å²) in [6.45, 7) is 1.86. The van der Waals surface area contributed by atoms with Gasteiger partial charge in [0.25, 0.3) is 5.91 Å². The zero-order valence-electron chi connectivity index (χ0n) is 8.71. The molecule has 2 saturated heterocycles. The Morgan fingerprint density at radius 2 is 2.33 bits per heavy atom. The van der Waals surface area contributed by atoms with Crippen LogP contribution in [0, 0.1) is 0 Å². The minimum Gasteiger partial charge on any atom is -0.322 e. The highest BCUT2D eigenvalue weighted by molar-refractivity contribution is 7.98. The first-order valence-electron chi connectivity index (χ1n) is 5.03. The molecule has 0 aromatic carbocycles. The molecule has 1 unspecified atom stereocenters. The number of hydrogen-bond acceptors (Lipinski definition) is 4. The number of nitrogens with one attached hydrogen (secondary N) is 2. The van der Waals surface area contributed by atoms with E-state index in [9.17, 15) is 9.59 Å². The molecule has 2 heterocycles. The maximum atomic E-state index is 12.0. The van der Waals surface area contributed by atoms with E-state index >= 15 is 0 Å². The molecule has 0 aromatic rings. The molecule has 0 bridgehead atoms. The van der Waals surface area contributed by atoms with Crippen molar-refractivity contribution < 1.29 is 9.59 Å². The van der Waals surface area contributed by atoms with Gasteiger partial charge in [-0.25, -0.2) is 4.79 Å². The minimum absolute atomic E-state index is 0.0634. The van der Waals surface area contributed by atoms with Crippen molar-refractivity contribution in [2.24, 2.45) is 0 Å². The second-order valence-electron chi connectivity index (χ2n) is 3.89. The first kappa shape index (κ1) is 10.8. The molecule has 84 valence electrons. The molecule has 0 aromatic heterocycles. The fourth-order valence-electron chi connectivity index (χ4n) is 2.04. The normalized spacial score (nSPS) is 30.3. The van der Waals surface area contributed by atoms with E-state index < -0.39 is 5.54 Å². The van der Waals surface area contributed by atoms with Crippen LogP contribution in [-0.4, -0.2) is 54.0 Å². The third-order valence-corrected chi connectivity index (χ3v) is 3.51. The zero-order valence-corrected chi connectivity index (χ0v) is 9.52. The average molecular weight is 229 g/mol. The van der Waals surface area contributed by atoms with Crippen molar-refractivity contribution in [1.82, 2.24) is 15.5 Å². The van der Waals surface area contributed by atoms with Gasteiger partial charge in [-0.2, -0.15) is 11.8 Å². The van der Waals surface area contributed by atoms with E-state index in [-0.39, 0.29) is 11.9 Å². The van der Waals surface area contributed by atoms with E-state index in [0.717, 1.165) is 12.3 Å². The van der Waals surface area contributed by atoms with Crippen LogP contribution in [-0.2, 0) is 4.79 Å². The molecule has 2 aliphatic heterocycles. The maximum absolute atomic E-state index is 12.0. The van der Waals surface area contributed by atoms with Gasteiger partial charge in [0, 0.05) is 18.8 Å². The van der Waals surface area contributed by atoms with Gasteiger partial charge >= 0.3 is 6.03 Å². The molecular formula is C9H15N3O2S. The van der Waals surface area contributed by atoms with Crippen LogP contribution in [0.5, 0.6) is 0 Å². The van der Waals surface area contributed by atoms with E-state index in [0.29, 0.717) is 19.5 Å². The number of nitrogens with zero attached hydrogens (tertiary/aromatic N) is 1. The smallest absolute Gasteiger partial charge is 0.322 e. The number of urea groups is 1. The van der Waals surface area contributed by atoms with Gasteiger partial charge in [-0.05, 0) is 19.2 Å². The Bertz CT molecular complexity index is 289. The van der Waals surface area contributed by atoms with Gasteiger partial charge in [0.05, 0.1) is 0 Å². The second-order valence-corrected chi connectivity index (χ2v) is 4.87. The van der Waals surface area contributed by atoms with Crippen molar-refractivity contribution in [3.8, 4) is 0 Å². The molecule has 5 nitrogen and oxygen atoms in total. The van der Waals surface area contributed by atoms with Crippen LogP contribution >= 0.6 is 11.8 Å². The number of thioether (sulfide) groups is 1. The Balaban J connectivity index is 2.08. The lowest BCUT2D eigenvalue weighted by atomic mass is 9.99. The molecule has 1 spiro atoms. The topological polar surface area (TPSA) is 61.4 Å². The fourth-order valence-corrected chi connectivity index (χ4v) is 2.41. The predicted octanol–water partition coefficient (Wildman–Crippen LogP) is -0.367. The zero-order chi connectivity index (χ0) is 10.9. The summed E-state index contributed by atoms with van der Waals surface area (Å²) in [6.07, 6.45) is 2.67. The van der Waals surface area contributed by atoms with E-state index in [2.05, 4.69) is 10.6 Å². The fraction of sp³-hybridized carbons (Fsp3) is 0.778. The van der Waals surface area contributed by atoms with Gasteiger partial charge < -0.3 is 10.6 Å². The number of imide groups is 1. The third kappa shape index (κ3) is 1.72. The quantitative estimate of drug-likeness (QED) is 0.648. The molecule has 2 aliphatic rings. The monoisotopic (exact) mass is 229 g/mol. The van der Waals surface area contributed by atoms with Crippen molar-refractivity contribution in [2.75, 3.05) is 31.6 Å². The second kappa shape index (κ2) is 4.02. The number of carbonyl (C=O) groups excluding carboxylic acids is 2. The lowest BCUT2D eigenvalue weighted by molar-refractivity contribution is -0.130. The van der Waals surface area contributed by atoms with Crippen molar-refractivity contribution in [1.29, 1.82) is 0 Å². The molecule has 15 heavy (non-hydrogen) atoms. The minimum atomic E-state index is -0.643. The number of hydrogen-bond donors (Lipinski definition) is 2. The van der Waals surface area contributed by atoms with E-state index in [1.54, 1.807) is 11.8 Å². The number of carbonyl (C=O) groups is 2. The number of amides is 3. The SMILES string of the molecule is CSCCN1C(=O)NC2(CCNC2)C1=O. The Morgan fingerprint density at radius 3 is 2.93 bits per heavy atom. The molecule has 1 atom stereocenters. The Kier molecular flexibility index (Phi) is 2.88. The highest BCUT2D eigenvalue weighted by Gasteiger charge is 2.52. The largest absolute Gasteiger partial charge is 0.325 e. The van der Waals surface area contributed by atoms with Crippen LogP contribution in [0.4, 0.5) is 4.79 Å². The van der Waals surface area contributed by atoms with Crippen molar-refractivity contribution in [3.63, 3.8) is 0 Å². The molecule has 0 saturated carbocycles. The van der Waals surface area contributed by atoms with E-state index in [4.69, 9.17) is 0 Å². The summed E-state index contributed by atoms with van der Waals surface area (Å²) in [6, 6.07) is -0.238. The molecule has 0 radical (unpaired) electrons. The summed E-state index contributed by atoms with van der Waals surface area (Å²) in [7, 11) is 0. The number of rotatable bonds is 3. The molecule has 2 rings (SSSR count). The van der Waals surface area contributed by atoms with E-state index in [1.165, 1.54) is 4.90 Å². The molecule has 3 amide bonds. The molecular weight excluding hydrogens is 214 g/mol. The summed E-state index contributed by atoms with van der Waals surface area (Å²) in [5.41, 5.74) is -0.643. The summed E-state index contributed by atoms with van der Waals surface area (Å²) in [5.74, 6) is 0.731. The van der Waals surface area contributed by atoms with Crippen LogP contribution in [0.2, 0.25) is 0 Å². The maximum Gasteiger partial charge on any atom is 0.325 e. The Labute approximate surface area is 93.0 Å². The van der Waals surface area contributed by atoms with Gasteiger partial charge in [-0.1, -0.05) is 0 Å². The van der Waals surface area contributed by atoms with Crippen LogP contribution < -0.4 is 10.6 Å². The summed E-state index contributed by atoms with van der Waals surface area (Å²) >= 11 is 1.63. The summed E-state index contributed by atoms with van der Waals surface area (Å²) < 4.78 is 0. The lowest BCUT2D eigenvalue weighted by Gasteiger charge is -2.18. The molecule has 0 aliphatic carbocycles. The molecule has 2 N–H and O–H groups in total. The molecule has 6 heteroatoms. The van der Waals surface area contributed by atoms with Crippen LogP contribution in [0.15, 0.2) is 0 Å². The highest BCUT2D eigenvalue weighted by Crippen LogP contribution is 2.24. The van der Waals surface area contributed by atoms with Crippen molar-refractivity contribution >= 4 is 23.7 Å². The standard InChI is InChI=1S/C9H15N3O2S/c1-15-5-4-12-7(13)9(11-8(12)14)2-3-10-6-9/h10H,2-6H2,1H3,(H,11,14). The summed E-state index contributed by atoms with van der Waals surface area (Å²) in [5, 5.41) is 5.92.